The molecular formula is C46H62N12O4. The molecular weight excluding hydrogens is 785 g/mol. The second kappa shape index (κ2) is 21.5. The average molecular weight is 847 g/mol. The number of aromatic nitrogens is 4. The molecule has 0 spiro atoms. The predicted molar refractivity (Wildman–Crippen MR) is 246 cm³/mol. The summed E-state index contributed by atoms with van der Waals surface area (Å²) in [5, 5.41) is 13.1. The number of ketones is 1. The lowest BCUT2D eigenvalue weighted by atomic mass is 10.0. The van der Waals surface area contributed by atoms with Crippen molar-refractivity contribution in [3.05, 3.63) is 99.0 Å². The minimum atomic E-state index is -0.278. The van der Waals surface area contributed by atoms with Gasteiger partial charge in [0.25, 0.3) is 11.5 Å². The maximum atomic E-state index is 13.6. The van der Waals surface area contributed by atoms with E-state index in [2.05, 4.69) is 41.0 Å². The van der Waals surface area contributed by atoms with Gasteiger partial charge in [-0.25, -0.2) is 9.97 Å². The third kappa shape index (κ3) is 11.7. The topological polar surface area (TPSA) is 219 Å². The molecule has 2 aliphatic rings. The number of unbranched alkanes of at least 4 members (excludes halogenated alkanes) is 4. The SMILES string of the molecule is CC(=O)c1c(C)c2cnc(Nc3ccc(N4CCN(CC(=O)NCCCCCCCNc5cccc(C(=O)N/C(N)=C/C=C(/C)N)c5C)CC4)cn3)nc2n(C2CCCC2)c1=O. The summed E-state index contributed by atoms with van der Waals surface area (Å²) in [6.45, 7) is 11.9. The van der Waals surface area contributed by atoms with E-state index in [0.717, 1.165) is 107 Å². The Morgan fingerprint density at radius 2 is 1.58 bits per heavy atom. The van der Waals surface area contributed by atoms with Crippen LogP contribution >= 0.6 is 0 Å². The lowest BCUT2D eigenvalue weighted by molar-refractivity contribution is -0.122. The van der Waals surface area contributed by atoms with E-state index in [9.17, 15) is 19.2 Å². The summed E-state index contributed by atoms with van der Waals surface area (Å²) in [7, 11) is 0. The van der Waals surface area contributed by atoms with Crippen molar-refractivity contribution in [1.29, 1.82) is 0 Å². The van der Waals surface area contributed by atoms with Crippen molar-refractivity contribution in [2.75, 3.05) is 61.3 Å². The minimum Gasteiger partial charge on any atom is -0.402 e. The fraction of sp³-hybridized carbons (Fsp3) is 0.457. The molecule has 3 aromatic heterocycles. The number of nitrogens with two attached hydrogens (primary N) is 2. The van der Waals surface area contributed by atoms with Gasteiger partial charge in [-0.2, -0.15) is 4.98 Å². The van der Waals surface area contributed by atoms with Gasteiger partial charge in [0.15, 0.2) is 5.78 Å². The van der Waals surface area contributed by atoms with E-state index in [1.54, 1.807) is 42.8 Å². The molecule has 16 heteroatoms. The highest BCUT2D eigenvalue weighted by Gasteiger charge is 2.26. The number of carbonyl (C=O) groups is 3. The van der Waals surface area contributed by atoms with Gasteiger partial charge < -0.3 is 37.6 Å². The highest BCUT2D eigenvalue weighted by atomic mass is 16.2. The van der Waals surface area contributed by atoms with Gasteiger partial charge in [-0.1, -0.05) is 38.2 Å². The van der Waals surface area contributed by atoms with Crippen molar-refractivity contribution < 1.29 is 14.4 Å². The van der Waals surface area contributed by atoms with Crippen LogP contribution in [0.4, 0.5) is 23.1 Å². The molecule has 0 bridgehead atoms. The monoisotopic (exact) mass is 847 g/mol. The van der Waals surface area contributed by atoms with Crippen LogP contribution in [0.5, 0.6) is 0 Å². The second-order valence-electron chi connectivity index (χ2n) is 16.4. The number of benzene rings is 1. The van der Waals surface area contributed by atoms with Gasteiger partial charge in [-0.15, -0.1) is 0 Å². The molecule has 330 valence electrons. The first-order valence-electron chi connectivity index (χ1n) is 21.8. The molecule has 1 aromatic carbocycles. The lowest BCUT2D eigenvalue weighted by Gasteiger charge is -2.35. The van der Waals surface area contributed by atoms with Crippen molar-refractivity contribution in [3.8, 4) is 0 Å². The number of Topliss-reactive ketones (excluding diaryl/α,β-unsaturated/α-hetero) is 1. The molecule has 1 saturated carbocycles. The van der Waals surface area contributed by atoms with Crippen LogP contribution in [-0.4, -0.2) is 87.8 Å². The van der Waals surface area contributed by atoms with Gasteiger partial charge in [-0.05, 0) is 101 Å². The van der Waals surface area contributed by atoms with E-state index in [4.69, 9.17) is 16.5 Å². The minimum absolute atomic E-state index is 0.00588. The molecule has 8 N–H and O–H groups in total. The molecule has 16 nitrogen and oxygen atoms in total. The summed E-state index contributed by atoms with van der Waals surface area (Å²) in [5.41, 5.74) is 16.6. The van der Waals surface area contributed by atoms with E-state index < -0.39 is 0 Å². The fourth-order valence-electron chi connectivity index (χ4n) is 8.26. The number of anilines is 4. The summed E-state index contributed by atoms with van der Waals surface area (Å²) in [6, 6.07) is 9.51. The first-order valence-corrected chi connectivity index (χ1v) is 21.8. The number of nitrogens with zero attached hydrogens (tertiary/aromatic N) is 6. The molecule has 1 aliphatic carbocycles. The summed E-state index contributed by atoms with van der Waals surface area (Å²) < 4.78 is 1.71. The number of allylic oxidation sites excluding steroid dienone is 3. The maximum absolute atomic E-state index is 13.6. The Hall–Kier alpha value is -6.29. The van der Waals surface area contributed by atoms with Crippen LogP contribution < -0.4 is 43.2 Å². The van der Waals surface area contributed by atoms with E-state index >= 15 is 0 Å². The third-order valence-corrected chi connectivity index (χ3v) is 11.7. The number of amides is 2. The molecule has 1 aliphatic heterocycles. The van der Waals surface area contributed by atoms with Gasteiger partial charge in [0.2, 0.25) is 11.9 Å². The van der Waals surface area contributed by atoms with Gasteiger partial charge >= 0.3 is 0 Å². The van der Waals surface area contributed by atoms with Gasteiger partial charge in [0.1, 0.15) is 17.3 Å². The summed E-state index contributed by atoms with van der Waals surface area (Å²) in [4.78, 5) is 69.8. The van der Waals surface area contributed by atoms with Crippen molar-refractivity contribution in [3.63, 3.8) is 0 Å². The van der Waals surface area contributed by atoms with Crippen LogP contribution in [0.25, 0.3) is 11.0 Å². The molecule has 1 saturated heterocycles. The van der Waals surface area contributed by atoms with Gasteiger partial charge in [-0.3, -0.25) is 28.6 Å². The molecule has 62 heavy (non-hydrogen) atoms. The zero-order valence-electron chi connectivity index (χ0n) is 36.6. The molecule has 4 heterocycles. The van der Waals surface area contributed by atoms with E-state index in [0.29, 0.717) is 52.7 Å². The van der Waals surface area contributed by atoms with Crippen molar-refractivity contribution >= 4 is 51.8 Å². The zero-order chi connectivity index (χ0) is 44.2. The number of aryl methyl sites for hydroxylation is 1. The highest BCUT2D eigenvalue weighted by molar-refractivity contribution is 5.99. The number of pyridine rings is 2. The maximum Gasteiger partial charge on any atom is 0.263 e. The first-order chi connectivity index (χ1) is 29.9. The lowest BCUT2D eigenvalue weighted by Crippen LogP contribution is -2.49. The van der Waals surface area contributed by atoms with Crippen molar-refractivity contribution in [2.45, 2.75) is 91.5 Å². The Morgan fingerprint density at radius 3 is 2.27 bits per heavy atom. The van der Waals surface area contributed by atoms with Crippen LogP contribution in [0.15, 0.2) is 71.2 Å². The second-order valence-corrected chi connectivity index (χ2v) is 16.4. The van der Waals surface area contributed by atoms with E-state index in [1.807, 2.05) is 37.4 Å². The Bertz CT molecular complexity index is 2340. The fourth-order valence-corrected chi connectivity index (χ4v) is 8.26. The molecule has 6 rings (SSSR count). The van der Waals surface area contributed by atoms with Gasteiger partial charge in [0, 0.05) is 73.8 Å². The van der Waals surface area contributed by atoms with Gasteiger partial charge in [0.05, 0.1) is 24.0 Å². The normalized spacial score (nSPS) is 15.2. The molecule has 4 aromatic rings. The molecule has 2 fully saturated rings. The average Bonchev–Trinajstić information content (AvgIpc) is 3.78. The number of nitrogens with one attached hydrogen (secondary N) is 4. The van der Waals surface area contributed by atoms with E-state index in [1.165, 1.54) is 6.92 Å². The van der Waals surface area contributed by atoms with Crippen LogP contribution in [0, 0.1) is 13.8 Å². The Balaban J connectivity index is 0.867. The standard InChI is InChI=1S/C46H62N12O4/c1-30(47)17-19-39(48)53-44(61)36-15-12-16-38(31(36)2)49-21-10-6-5-7-11-22-50-41(60)29-56-23-25-57(26-24-56)35-18-20-40(51-27-35)54-46-52-28-37-32(3)42(33(4)59)45(62)58(43(37)55-46)34-13-8-9-14-34/h12,15-20,27-28,34,49H,5-11,13-14,21-26,29,47-48H2,1-4H3,(H,50,60)(H,53,61)(H,51,52,54,55)/b30-17-,39-19+. The smallest absolute Gasteiger partial charge is 0.263 e. The zero-order valence-corrected chi connectivity index (χ0v) is 36.6. The quantitative estimate of drug-likeness (QED) is 0.0388. The molecule has 0 unspecified atom stereocenters. The van der Waals surface area contributed by atoms with Crippen LogP contribution in [0.2, 0.25) is 0 Å². The van der Waals surface area contributed by atoms with Crippen LogP contribution in [-0.2, 0) is 4.79 Å². The largest absolute Gasteiger partial charge is 0.402 e. The van der Waals surface area contributed by atoms with Crippen LogP contribution in [0.1, 0.15) is 110 Å². The third-order valence-electron chi connectivity index (χ3n) is 11.7. The summed E-state index contributed by atoms with van der Waals surface area (Å²) >= 11 is 0. The highest BCUT2D eigenvalue weighted by Crippen LogP contribution is 2.32. The number of hydrogen-bond donors (Lipinski definition) is 6. The van der Waals surface area contributed by atoms with Crippen molar-refractivity contribution in [1.82, 2.24) is 35.1 Å². The van der Waals surface area contributed by atoms with Crippen molar-refractivity contribution in [2.24, 2.45) is 11.5 Å². The number of rotatable bonds is 19. The Morgan fingerprint density at radius 1 is 0.855 bits per heavy atom. The number of piperazine rings is 1. The molecule has 0 atom stereocenters. The number of hydrogen-bond acceptors (Lipinski definition) is 13. The predicted octanol–water partition coefficient (Wildman–Crippen LogP) is 5.56. The van der Waals surface area contributed by atoms with Crippen LogP contribution in [0.3, 0.4) is 0 Å². The summed E-state index contributed by atoms with van der Waals surface area (Å²) in [6.07, 6.45) is 15.7. The molecule has 2 amide bonds. The summed E-state index contributed by atoms with van der Waals surface area (Å²) in [5.74, 6) is 0.684. The Kier molecular flexibility index (Phi) is 15.7. The first kappa shape index (κ1) is 45.2. The molecule has 0 radical (unpaired) electrons. The number of fused-ring (bicyclic) bond motifs is 1. The van der Waals surface area contributed by atoms with E-state index in [-0.39, 0.29) is 40.6 Å². The Labute approximate surface area is 363 Å². The number of carbonyl (C=O) groups excluding carboxylic acids is 3.